The second-order valence-corrected chi connectivity index (χ2v) is 6.72. The van der Waals surface area contributed by atoms with Gasteiger partial charge >= 0.3 is 0 Å². The zero-order valence-electron chi connectivity index (χ0n) is 15.4. The molecule has 1 atom stereocenters. The molecule has 2 aromatic carbocycles. The van der Waals surface area contributed by atoms with Crippen molar-refractivity contribution >= 4 is 17.5 Å². The number of hydrogen-bond acceptors (Lipinski definition) is 3. The lowest BCUT2D eigenvalue weighted by Gasteiger charge is -2.15. The van der Waals surface area contributed by atoms with Crippen molar-refractivity contribution in [2.75, 3.05) is 0 Å². The highest BCUT2D eigenvalue weighted by atomic mass is 35.5. The van der Waals surface area contributed by atoms with E-state index in [1.54, 1.807) is 12.1 Å². The van der Waals surface area contributed by atoms with Gasteiger partial charge in [-0.2, -0.15) is 0 Å². The Morgan fingerprint density at radius 2 is 1.88 bits per heavy atom. The number of rotatable bonds is 8. The molecule has 0 saturated heterocycles. The maximum atomic E-state index is 12.2. The lowest BCUT2D eigenvalue weighted by atomic mass is 10.1. The Hall–Kier alpha value is -2.46. The van der Waals surface area contributed by atoms with Crippen LogP contribution in [-0.2, 0) is 6.61 Å². The number of nitrogens with one attached hydrogen (secondary N) is 2. The molecule has 2 aromatic rings. The van der Waals surface area contributed by atoms with Gasteiger partial charge in [0, 0.05) is 16.3 Å². The summed E-state index contributed by atoms with van der Waals surface area (Å²) in [7, 11) is 0. The molecule has 0 spiro atoms. The van der Waals surface area contributed by atoms with Gasteiger partial charge < -0.3 is 10.2 Å². The summed E-state index contributed by atoms with van der Waals surface area (Å²) in [5.41, 5.74) is 8.86. The Morgan fingerprint density at radius 1 is 1.19 bits per heavy atom. The predicted molar refractivity (Wildman–Crippen MR) is 106 cm³/mol. The molecule has 2 N–H and O–H groups in total. The number of carbonyl (C=O) groups is 1. The second-order valence-electron chi connectivity index (χ2n) is 6.31. The van der Waals surface area contributed by atoms with Crippen LogP contribution in [0, 0.1) is 12.8 Å². The summed E-state index contributed by atoms with van der Waals surface area (Å²) in [6, 6.07) is 12.9. The summed E-state index contributed by atoms with van der Waals surface area (Å²) in [5, 5.41) is 0.720. The van der Waals surface area contributed by atoms with E-state index in [0.29, 0.717) is 18.1 Å². The zero-order chi connectivity index (χ0) is 19.1. The first-order valence-corrected chi connectivity index (χ1v) is 9.01. The number of amides is 1. The SMILES string of the molecule is C=C(NNC(=O)c1ccc(COc2ccc(Cl)c(C)c2)cc1)[C@@H](C)CC. The first-order chi connectivity index (χ1) is 12.4. The molecular formula is C21H25ClN2O2. The van der Waals surface area contributed by atoms with Crippen LogP contribution in [0.3, 0.4) is 0 Å². The molecule has 138 valence electrons. The molecule has 4 nitrogen and oxygen atoms in total. The minimum absolute atomic E-state index is 0.199. The van der Waals surface area contributed by atoms with Crippen molar-refractivity contribution in [1.82, 2.24) is 10.9 Å². The Balaban J connectivity index is 1.88. The van der Waals surface area contributed by atoms with E-state index in [2.05, 4.69) is 31.3 Å². The van der Waals surface area contributed by atoms with Crippen LogP contribution in [0.4, 0.5) is 0 Å². The molecule has 0 fully saturated rings. The normalized spacial score (nSPS) is 11.5. The van der Waals surface area contributed by atoms with Crippen LogP contribution < -0.4 is 15.6 Å². The molecule has 0 bridgehead atoms. The topological polar surface area (TPSA) is 50.4 Å². The fourth-order valence-corrected chi connectivity index (χ4v) is 2.32. The first kappa shape index (κ1) is 19.9. The first-order valence-electron chi connectivity index (χ1n) is 8.63. The fraction of sp³-hybridized carbons (Fsp3) is 0.286. The van der Waals surface area contributed by atoms with E-state index in [1.165, 1.54) is 0 Å². The van der Waals surface area contributed by atoms with E-state index in [-0.39, 0.29) is 5.91 Å². The van der Waals surface area contributed by atoms with Gasteiger partial charge in [-0.15, -0.1) is 0 Å². The van der Waals surface area contributed by atoms with E-state index in [0.717, 1.165) is 34.0 Å². The number of carbonyl (C=O) groups excluding carboxylic acids is 1. The van der Waals surface area contributed by atoms with Gasteiger partial charge in [0.05, 0.1) is 0 Å². The van der Waals surface area contributed by atoms with Gasteiger partial charge in [0.25, 0.3) is 5.91 Å². The summed E-state index contributed by atoms with van der Waals surface area (Å²) in [6.45, 7) is 10.4. The standard InChI is InChI=1S/C21H25ClN2O2/c1-5-14(2)16(4)23-24-21(25)18-8-6-17(7-9-18)13-26-19-10-11-20(22)15(3)12-19/h6-12,14,23H,4-5,13H2,1-3H3,(H,24,25)/t14-/m0/s1. The van der Waals surface area contributed by atoms with Crippen LogP contribution in [0.2, 0.25) is 5.02 Å². The Bertz CT molecular complexity index is 772. The molecule has 5 heteroatoms. The Labute approximate surface area is 160 Å². The van der Waals surface area contributed by atoms with Gasteiger partial charge in [0.2, 0.25) is 0 Å². The van der Waals surface area contributed by atoms with Crippen LogP contribution in [0.25, 0.3) is 0 Å². The van der Waals surface area contributed by atoms with Crippen molar-refractivity contribution in [3.63, 3.8) is 0 Å². The van der Waals surface area contributed by atoms with Gasteiger partial charge in [-0.1, -0.05) is 44.2 Å². The number of aryl methyl sites for hydroxylation is 1. The number of hydrazine groups is 1. The van der Waals surface area contributed by atoms with Crippen LogP contribution in [0.1, 0.15) is 41.8 Å². The molecule has 0 aliphatic heterocycles. The highest BCUT2D eigenvalue weighted by Gasteiger charge is 2.08. The lowest BCUT2D eigenvalue weighted by Crippen LogP contribution is -2.38. The van der Waals surface area contributed by atoms with Gasteiger partial charge in [0.1, 0.15) is 12.4 Å². The fourth-order valence-electron chi connectivity index (χ4n) is 2.20. The summed E-state index contributed by atoms with van der Waals surface area (Å²) >= 11 is 6.01. The summed E-state index contributed by atoms with van der Waals surface area (Å²) in [6.07, 6.45) is 0.962. The summed E-state index contributed by atoms with van der Waals surface area (Å²) in [4.78, 5) is 12.2. The molecule has 0 heterocycles. The molecule has 0 aliphatic carbocycles. The van der Waals surface area contributed by atoms with Crippen LogP contribution in [0.15, 0.2) is 54.7 Å². The van der Waals surface area contributed by atoms with Crippen LogP contribution in [0.5, 0.6) is 5.75 Å². The number of ether oxygens (including phenoxy) is 1. The molecule has 0 radical (unpaired) electrons. The average molecular weight is 373 g/mol. The van der Waals surface area contributed by atoms with Crippen molar-refractivity contribution in [2.24, 2.45) is 5.92 Å². The van der Waals surface area contributed by atoms with Crippen molar-refractivity contribution in [2.45, 2.75) is 33.8 Å². The average Bonchev–Trinajstić information content (AvgIpc) is 2.66. The van der Waals surface area contributed by atoms with E-state index < -0.39 is 0 Å². The summed E-state index contributed by atoms with van der Waals surface area (Å²) < 4.78 is 5.76. The molecule has 26 heavy (non-hydrogen) atoms. The third-order valence-corrected chi connectivity index (χ3v) is 4.72. The predicted octanol–water partition coefficient (Wildman–Crippen LogP) is 5.02. The Kier molecular flexibility index (Phi) is 7.10. The van der Waals surface area contributed by atoms with Crippen molar-refractivity contribution in [3.8, 4) is 5.75 Å². The number of hydrogen-bond donors (Lipinski definition) is 2. The highest BCUT2D eigenvalue weighted by Crippen LogP contribution is 2.21. The quantitative estimate of drug-likeness (QED) is 0.639. The number of halogens is 1. The van der Waals surface area contributed by atoms with Crippen LogP contribution >= 0.6 is 11.6 Å². The van der Waals surface area contributed by atoms with E-state index >= 15 is 0 Å². The third kappa shape index (κ3) is 5.53. The monoisotopic (exact) mass is 372 g/mol. The summed E-state index contributed by atoms with van der Waals surface area (Å²) in [5.74, 6) is 0.864. The Morgan fingerprint density at radius 3 is 2.50 bits per heavy atom. The van der Waals surface area contributed by atoms with E-state index in [9.17, 15) is 4.79 Å². The maximum absolute atomic E-state index is 12.2. The molecular weight excluding hydrogens is 348 g/mol. The molecule has 2 rings (SSSR count). The highest BCUT2D eigenvalue weighted by molar-refractivity contribution is 6.31. The number of allylic oxidation sites excluding steroid dienone is 1. The molecule has 0 saturated carbocycles. The smallest absolute Gasteiger partial charge is 0.269 e. The largest absolute Gasteiger partial charge is 0.489 e. The third-order valence-electron chi connectivity index (χ3n) is 4.29. The van der Waals surface area contributed by atoms with Crippen molar-refractivity contribution < 1.29 is 9.53 Å². The number of benzene rings is 2. The molecule has 1 amide bonds. The molecule has 0 unspecified atom stereocenters. The minimum Gasteiger partial charge on any atom is -0.489 e. The van der Waals surface area contributed by atoms with Crippen LogP contribution in [-0.4, -0.2) is 5.91 Å². The lowest BCUT2D eigenvalue weighted by molar-refractivity contribution is 0.0937. The van der Waals surface area contributed by atoms with E-state index in [1.807, 2.05) is 37.3 Å². The van der Waals surface area contributed by atoms with Crippen molar-refractivity contribution in [3.05, 3.63) is 76.5 Å². The molecule has 0 aromatic heterocycles. The van der Waals surface area contributed by atoms with Crippen molar-refractivity contribution in [1.29, 1.82) is 0 Å². The van der Waals surface area contributed by atoms with E-state index in [4.69, 9.17) is 16.3 Å². The minimum atomic E-state index is -0.199. The second kappa shape index (κ2) is 9.30. The van der Waals surface area contributed by atoms with Gasteiger partial charge in [-0.25, -0.2) is 0 Å². The maximum Gasteiger partial charge on any atom is 0.269 e. The molecule has 0 aliphatic rings. The zero-order valence-corrected chi connectivity index (χ0v) is 16.2. The van der Waals surface area contributed by atoms with Gasteiger partial charge in [0.15, 0.2) is 0 Å². The van der Waals surface area contributed by atoms with Gasteiger partial charge in [-0.05, 0) is 60.7 Å². The van der Waals surface area contributed by atoms with Gasteiger partial charge in [-0.3, -0.25) is 10.2 Å².